The van der Waals surface area contributed by atoms with Crippen molar-refractivity contribution in [1.29, 1.82) is 0 Å². The van der Waals surface area contributed by atoms with E-state index in [0.29, 0.717) is 13.2 Å². The number of hydrogen-bond acceptors (Lipinski definition) is 3. The normalized spacial score (nSPS) is 15.5. The first-order valence-electron chi connectivity index (χ1n) is 7.22. The van der Waals surface area contributed by atoms with Gasteiger partial charge in [0, 0.05) is 19.8 Å². The number of nitrogens with two attached hydrogens (primary N) is 1. The van der Waals surface area contributed by atoms with Gasteiger partial charge in [-0.1, -0.05) is 18.2 Å². The smallest absolute Gasteiger partial charge is 0.0700 e. The van der Waals surface area contributed by atoms with Gasteiger partial charge in [-0.2, -0.15) is 0 Å². The van der Waals surface area contributed by atoms with Gasteiger partial charge in [0.15, 0.2) is 0 Å². The molecule has 2 rings (SSSR count). The van der Waals surface area contributed by atoms with Gasteiger partial charge in [0.05, 0.1) is 13.2 Å². The zero-order chi connectivity index (χ0) is 13.5. The number of benzene rings is 1. The Morgan fingerprint density at radius 1 is 1.16 bits per heavy atom. The van der Waals surface area contributed by atoms with Crippen LogP contribution in [0.2, 0.25) is 0 Å². The Morgan fingerprint density at radius 3 is 2.84 bits per heavy atom. The topological polar surface area (TPSA) is 44.5 Å². The summed E-state index contributed by atoms with van der Waals surface area (Å²) in [6, 6.07) is 7.03. The number of aryl methyl sites for hydroxylation is 2. The van der Waals surface area contributed by atoms with Gasteiger partial charge in [-0.15, -0.1) is 0 Å². The first-order chi connectivity index (χ1) is 9.29. The van der Waals surface area contributed by atoms with Crippen LogP contribution in [0.1, 0.15) is 29.5 Å². The van der Waals surface area contributed by atoms with Crippen molar-refractivity contribution in [2.45, 2.75) is 38.1 Å². The molecule has 0 spiro atoms. The summed E-state index contributed by atoms with van der Waals surface area (Å²) in [7, 11) is 1.68. The van der Waals surface area contributed by atoms with E-state index in [-0.39, 0.29) is 6.04 Å². The van der Waals surface area contributed by atoms with Crippen LogP contribution in [0.3, 0.4) is 0 Å². The van der Waals surface area contributed by atoms with Crippen LogP contribution in [0.15, 0.2) is 18.2 Å². The van der Waals surface area contributed by atoms with Gasteiger partial charge in [-0.05, 0) is 48.8 Å². The van der Waals surface area contributed by atoms with Gasteiger partial charge < -0.3 is 15.2 Å². The summed E-state index contributed by atoms with van der Waals surface area (Å²) < 4.78 is 10.4. The molecule has 1 aromatic carbocycles. The van der Waals surface area contributed by atoms with Crippen LogP contribution in [0.25, 0.3) is 0 Å². The summed E-state index contributed by atoms with van der Waals surface area (Å²) in [5.74, 6) is 0. The van der Waals surface area contributed by atoms with E-state index in [1.165, 1.54) is 36.0 Å². The lowest BCUT2D eigenvalue weighted by Crippen LogP contribution is -2.25. The second-order valence-electron chi connectivity index (χ2n) is 5.31. The van der Waals surface area contributed by atoms with Crippen LogP contribution in [0.4, 0.5) is 0 Å². The largest absolute Gasteiger partial charge is 0.382 e. The Balaban J connectivity index is 1.71. The van der Waals surface area contributed by atoms with Gasteiger partial charge in [-0.25, -0.2) is 0 Å². The number of ether oxygens (including phenoxy) is 2. The molecule has 1 atom stereocenters. The Bertz CT molecular complexity index is 392. The molecule has 1 unspecified atom stereocenters. The summed E-state index contributed by atoms with van der Waals surface area (Å²) >= 11 is 0. The number of methoxy groups -OCH3 is 1. The number of fused-ring (bicyclic) bond motifs is 1. The summed E-state index contributed by atoms with van der Waals surface area (Å²) in [6.07, 6.45) is 5.63. The molecular formula is C16H25NO2. The molecule has 3 nitrogen and oxygen atoms in total. The van der Waals surface area contributed by atoms with E-state index in [1.54, 1.807) is 7.11 Å². The molecule has 0 heterocycles. The minimum Gasteiger partial charge on any atom is -0.382 e. The third-order valence-electron chi connectivity index (χ3n) is 3.73. The van der Waals surface area contributed by atoms with Crippen LogP contribution < -0.4 is 5.73 Å². The lowest BCUT2D eigenvalue weighted by atomic mass is 10.00. The monoisotopic (exact) mass is 263 g/mol. The molecule has 3 heteroatoms. The van der Waals surface area contributed by atoms with Crippen LogP contribution >= 0.6 is 0 Å². The fraction of sp³-hybridized carbons (Fsp3) is 0.625. The lowest BCUT2D eigenvalue weighted by molar-refractivity contribution is 0.0672. The fourth-order valence-corrected chi connectivity index (χ4v) is 2.64. The molecular weight excluding hydrogens is 238 g/mol. The predicted molar refractivity (Wildman–Crippen MR) is 77.5 cm³/mol. The van der Waals surface area contributed by atoms with E-state index >= 15 is 0 Å². The summed E-state index contributed by atoms with van der Waals surface area (Å²) in [5, 5.41) is 0. The van der Waals surface area contributed by atoms with Crippen molar-refractivity contribution < 1.29 is 9.47 Å². The summed E-state index contributed by atoms with van der Waals surface area (Å²) in [4.78, 5) is 0. The van der Waals surface area contributed by atoms with Crippen molar-refractivity contribution in [3.05, 3.63) is 34.9 Å². The molecule has 106 valence electrons. The minimum atomic E-state index is 0.182. The zero-order valence-electron chi connectivity index (χ0n) is 11.9. The Kier molecular flexibility index (Phi) is 5.83. The maximum Gasteiger partial charge on any atom is 0.0700 e. The van der Waals surface area contributed by atoms with Gasteiger partial charge in [0.1, 0.15) is 0 Å². The molecule has 0 aliphatic heterocycles. The van der Waals surface area contributed by atoms with Crippen molar-refractivity contribution in [3.63, 3.8) is 0 Å². The van der Waals surface area contributed by atoms with E-state index < -0.39 is 0 Å². The summed E-state index contributed by atoms with van der Waals surface area (Å²) in [6.45, 7) is 2.03. The van der Waals surface area contributed by atoms with Crippen molar-refractivity contribution in [1.82, 2.24) is 0 Å². The van der Waals surface area contributed by atoms with E-state index in [0.717, 1.165) is 19.4 Å². The molecule has 0 saturated carbocycles. The standard InChI is InChI=1S/C16H25NO2/c1-18-9-10-19-8-7-16(17)12-13-5-6-14-3-2-4-15(14)11-13/h5-6,11,16H,2-4,7-10,12,17H2,1H3. The highest BCUT2D eigenvalue weighted by molar-refractivity contribution is 5.35. The second kappa shape index (κ2) is 7.63. The van der Waals surface area contributed by atoms with Crippen LogP contribution in [0.5, 0.6) is 0 Å². The second-order valence-corrected chi connectivity index (χ2v) is 5.31. The SMILES string of the molecule is COCCOCCC(N)Cc1ccc2c(c1)CCC2. The third kappa shape index (κ3) is 4.60. The van der Waals surface area contributed by atoms with Gasteiger partial charge in [0.25, 0.3) is 0 Å². The Morgan fingerprint density at radius 2 is 2.00 bits per heavy atom. The molecule has 0 saturated heterocycles. The average molecular weight is 263 g/mol. The zero-order valence-corrected chi connectivity index (χ0v) is 11.9. The first-order valence-corrected chi connectivity index (χ1v) is 7.22. The van der Waals surface area contributed by atoms with E-state index in [4.69, 9.17) is 15.2 Å². The Hall–Kier alpha value is -0.900. The van der Waals surface area contributed by atoms with Crippen molar-refractivity contribution >= 4 is 0 Å². The van der Waals surface area contributed by atoms with E-state index in [9.17, 15) is 0 Å². The lowest BCUT2D eigenvalue weighted by Gasteiger charge is -2.13. The molecule has 1 aliphatic rings. The average Bonchev–Trinajstić information content (AvgIpc) is 2.86. The van der Waals surface area contributed by atoms with Gasteiger partial charge >= 0.3 is 0 Å². The number of hydrogen-bond donors (Lipinski definition) is 1. The summed E-state index contributed by atoms with van der Waals surface area (Å²) in [5.41, 5.74) is 10.6. The molecule has 0 amide bonds. The van der Waals surface area contributed by atoms with Crippen LogP contribution in [-0.4, -0.2) is 33.0 Å². The molecule has 2 N–H and O–H groups in total. The quantitative estimate of drug-likeness (QED) is 0.731. The third-order valence-corrected chi connectivity index (χ3v) is 3.73. The van der Waals surface area contributed by atoms with Gasteiger partial charge in [0.2, 0.25) is 0 Å². The molecule has 0 radical (unpaired) electrons. The highest BCUT2D eigenvalue weighted by Gasteiger charge is 2.12. The molecule has 19 heavy (non-hydrogen) atoms. The highest BCUT2D eigenvalue weighted by Crippen LogP contribution is 2.23. The fourth-order valence-electron chi connectivity index (χ4n) is 2.64. The molecule has 1 aliphatic carbocycles. The first kappa shape index (κ1) is 14.5. The Labute approximate surface area is 116 Å². The molecule has 0 bridgehead atoms. The van der Waals surface area contributed by atoms with Crippen molar-refractivity contribution in [3.8, 4) is 0 Å². The maximum absolute atomic E-state index is 6.15. The predicted octanol–water partition coefficient (Wildman–Crippen LogP) is 2.10. The van der Waals surface area contributed by atoms with E-state index in [1.807, 2.05) is 0 Å². The van der Waals surface area contributed by atoms with Crippen LogP contribution in [-0.2, 0) is 28.7 Å². The minimum absolute atomic E-state index is 0.182. The van der Waals surface area contributed by atoms with Crippen molar-refractivity contribution in [2.24, 2.45) is 5.73 Å². The highest BCUT2D eigenvalue weighted by atomic mass is 16.5. The van der Waals surface area contributed by atoms with Crippen molar-refractivity contribution in [2.75, 3.05) is 26.9 Å². The van der Waals surface area contributed by atoms with Crippen LogP contribution in [0, 0.1) is 0 Å². The maximum atomic E-state index is 6.15. The van der Waals surface area contributed by atoms with E-state index in [2.05, 4.69) is 18.2 Å². The molecule has 0 fully saturated rings. The molecule has 1 aromatic rings. The molecule has 0 aromatic heterocycles. The van der Waals surface area contributed by atoms with Gasteiger partial charge in [-0.3, -0.25) is 0 Å². The number of rotatable bonds is 8.